The Hall–Kier alpha value is -0.0400. The molecule has 0 heterocycles. The van der Waals surface area contributed by atoms with Crippen molar-refractivity contribution in [3.05, 3.63) is 0 Å². The third-order valence-electron chi connectivity index (χ3n) is 5.06. The molecule has 0 aromatic carbocycles. The minimum absolute atomic E-state index is 0.258. The fourth-order valence-electron chi connectivity index (χ4n) is 3.24. The Balaban J connectivity index is 2.33. The normalized spacial score (nSPS) is 29.0. The van der Waals surface area contributed by atoms with Crippen LogP contribution in [0.25, 0.3) is 0 Å². The zero-order valence-electron chi connectivity index (χ0n) is 13.6. The van der Waals surface area contributed by atoms with Crippen molar-refractivity contribution in [1.82, 2.24) is 5.32 Å². The lowest BCUT2D eigenvalue weighted by atomic mass is 9.72. The van der Waals surface area contributed by atoms with Crippen LogP contribution < -0.4 is 5.32 Å². The summed E-state index contributed by atoms with van der Waals surface area (Å²) in [6.45, 7) is 15.2. The first-order valence-electron chi connectivity index (χ1n) is 8.08. The molecule has 2 atom stereocenters. The summed E-state index contributed by atoms with van der Waals surface area (Å²) in [5.41, 5.74) is 0.258. The summed E-state index contributed by atoms with van der Waals surface area (Å²) in [5, 5.41) is 3.66. The van der Waals surface area contributed by atoms with E-state index in [9.17, 15) is 0 Å². The van der Waals surface area contributed by atoms with Crippen molar-refractivity contribution < 1.29 is 0 Å². The van der Waals surface area contributed by atoms with E-state index in [-0.39, 0.29) is 5.54 Å². The predicted octanol–water partition coefficient (Wildman–Crippen LogP) is 4.86. The molecule has 1 aliphatic carbocycles. The standard InChI is InChI=1S/C17H35N/c1-7-15-8-10-16(11-9-15)14(3)13(2)12-18-17(4,5)6/h13-16,18H,7-12H2,1-6H3. The molecule has 0 saturated heterocycles. The lowest BCUT2D eigenvalue weighted by Gasteiger charge is -2.36. The lowest BCUT2D eigenvalue weighted by molar-refractivity contribution is 0.164. The SMILES string of the molecule is CCC1CCC(C(C)C(C)CNC(C)(C)C)CC1. The number of nitrogens with one attached hydrogen (secondary N) is 1. The zero-order chi connectivity index (χ0) is 13.8. The molecule has 1 aliphatic rings. The van der Waals surface area contributed by atoms with Crippen molar-refractivity contribution in [3.63, 3.8) is 0 Å². The zero-order valence-corrected chi connectivity index (χ0v) is 13.6. The van der Waals surface area contributed by atoms with Gasteiger partial charge >= 0.3 is 0 Å². The maximum Gasteiger partial charge on any atom is 0.00966 e. The van der Waals surface area contributed by atoms with Crippen LogP contribution in [0.1, 0.15) is 73.6 Å². The lowest BCUT2D eigenvalue weighted by Crippen LogP contribution is -2.40. The Bertz CT molecular complexity index is 220. The van der Waals surface area contributed by atoms with Crippen molar-refractivity contribution in [2.75, 3.05) is 6.54 Å². The first-order valence-corrected chi connectivity index (χ1v) is 8.08. The second-order valence-electron chi connectivity index (χ2n) is 7.66. The van der Waals surface area contributed by atoms with Crippen LogP contribution in [0.15, 0.2) is 0 Å². The van der Waals surface area contributed by atoms with Crippen LogP contribution in [-0.4, -0.2) is 12.1 Å². The maximum absolute atomic E-state index is 3.66. The Morgan fingerprint density at radius 3 is 2.06 bits per heavy atom. The molecular weight excluding hydrogens is 218 g/mol. The van der Waals surface area contributed by atoms with Gasteiger partial charge in [0.15, 0.2) is 0 Å². The van der Waals surface area contributed by atoms with Crippen molar-refractivity contribution in [1.29, 1.82) is 0 Å². The van der Waals surface area contributed by atoms with Crippen molar-refractivity contribution in [2.45, 2.75) is 79.2 Å². The van der Waals surface area contributed by atoms with Gasteiger partial charge in [0.25, 0.3) is 0 Å². The van der Waals surface area contributed by atoms with Gasteiger partial charge in [-0.2, -0.15) is 0 Å². The first kappa shape index (κ1) is 16.0. The van der Waals surface area contributed by atoms with Crippen molar-refractivity contribution in [2.24, 2.45) is 23.7 Å². The van der Waals surface area contributed by atoms with Gasteiger partial charge < -0.3 is 5.32 Å². The molecule has 1 heteroatoms. The number of hydrogen-bond acceptors (Lipinski definition) is 1. The molecule has 0 spiro atoms. The van der Waals surface area contributed by atoms with Gasteiger partial charge in [-0.25, -0.2) is 0 Å². The fraction of sp³-hybridized carbons (Fsp3) is 1.00. The molecule has 0 aromatic heterocycles. The Morgan fingerprint density at radius 2 is 1.61 bits per heavy atom. The molecule has 1 fully saturated rings. The van der Waals surface area contributed by atoms with Gasteiger partial charge in [0, 0.05) is 5.54 Å². The van der Waals surface area contributed by atoms with Gasteiger partial charge in [-0.1, -0.05) is 40.0 Å². The van der Waals surface area contributed by atoms with Crippen LogP contribution in [0.5, 0.6) is 0 Å². The predicted molar refractivity (Wildman–Crippen MR) is 81.8 cm³/mol. The van der Waals surface area contributed by atoms with Crippen LogP contribution >= 0.6 is 0 Å². The first-order chi connectivity index (χ1) is 8.33. The second-order valence-corrected chi connectivity index (χ2v) is 7.66. The van der Waals surface area contributed by atoms with Gasteiger partial charge in [-0.15, -0.1) is 0 Å². The highest BCUT2D eigenvalue weighted by atomic mass is 14.9. The van der Waals surface area contributed by atoms with Gasteiger partial charge in [-0.05, 0) is 63.8 Å². The molecule has 1 saturated carbocycles. The molecule has 0 bridgehead atoms. The van der Waals surface area contributed by atoms with Crippen LogP contribution in [0.3, 0.4) is 0 Å². The summed E-state index contributed by atoms with van der Waals surface area (Å²) in [5.74, 6) is 3.67. The van der Waals surface area contributed by atoms with Gasteiger partial charge in [0.2, 0.25) is 0 Å². The third-order valence-corrected chi connectivity index (χ3v) is 5.06. The van der Waals surface area contributed by atoms with Crippen LogP contribution in [0.2, 0.25) is 0 Å². The minimum atomic E-state index is 0.258. The Kier molecular flexibility index (Phi) is 6.17. The van der Waals surface area contributed by atoms with E-state index in [1.165, 1.54) is 38.6 Å². The van der Waals surface area contributed by atoms with E-state index in [0.29, 0.717) is 0 Å². The summed E-state index contributed by atoms with van der Waals surface area (Å²) in [7, 11) is 0. The molecule has 0 amide bonds. The molecule has 0 aliphatic heterocycles. The van der Waals surface area contributed by atoms with E-state index in [2.05, 4.69) is 46.9 Å². The van der Waals surface area contributed by atoms with E-state index >= 15 is 0 Å². The molecule has 1 rings (SSSR count). The third kappa shape index (κ3) is 5.30. The van der Waals surface area contributed by atoms with E-state index in [1.54, 1.807) is 0 Å². The summed E-state index contributed by atoms with van der Waals surface area (Å²) >= 11 is 0. The Morgan fingerprint density at radius 1 is 1.06 bits per heavy atom. The van der Waals surface area contributed by atoms with E-state index in [0.717, 1.165) is 23.7 Å². The highest BCUT2D eigenvalue weighted by Crippen LogP contribution is 2.37. The second kappa shape index (κ2) is 6.93. The average Bonchev–Trinajstić information content (AvgIpc) is 2.34. The monoisotopic (exact) mass is 253 g/mol. The molecule has 2 unspecified atom stereocenters. The van der Waals surface area contributed by atoms with Crippen molar-refractivity contribution in [3.8, 4) is 0 Å². The van der Waals surface area contributed by atoms with E-state index < -0.39 is 0 Å². The summed E-state index contributed by atoms with van der Waals surface area (Å²) in [4.78, 5) is 0. The molecule has 1 nitrogen and oxygen atoms in total. The molecular formula is C17H35N. The van der Waals surface area contributed by atoms with Gasteiger partial charge in [-0.3, -0.25) is 0 Å². The number of hydrogen-bond donors (Lipinski definition) is 1. The smallest absolute Gasteiger partial charge is 0.00966 e. The van der Waals surface area contributed by atoms with Crippen LogP contribution in [-0.2, 0) is 0 Å². The molecule has 108 valence electrons. The van der Waals surface area contributed by atoms with Crippen LogP contribution in [0, 0.1) is 23.7 Å². The minimum Gasteiger partial charge on any atom is -0.312 e. The largest absolute Gasteiger partial charge is 0.312 e. The quantitative estimate of drug-likeness (QED) is 0.737. The maximum atomic E-state index is 3.66. The van der Waals surface area contributed by atoms with E-state index in [1.807, 2.05) is 0 Å². The Labute approximate surface area is 115 Å². The highest BCUT2D eigenvalue weighted by molar-refractivity contribution is 4.80. The molecule has 1 N–H and O–H groups in total. The summed E-state index contributed by atoms with van der Waals surface area (Å²) in [6, 6.07) is 0. The fourth-order valence-corrected chi connectivity index (χ4v) is 3.24. The van der Waals surface area contributed by atoms with Crippen LogP contribution in [0.4, 0.5) is 0 Å². The van der Waals surface area contributed by atoms with Gasteiger partial charge in [0.1, 0.15) is 0 Å². The number of rotatable bonds is 5. The molecule has 0 radical (unpaired) electrons. The van der Waals surface area contributed by atoms with Gasteiger partial charge in [0.05, 0.1) is 0 Å². The van der Waals surface area contributed by atoms with Crippen molar-refractivity contribution >= 4 is 0 Å². The topological polar surface area (TPSA) is 12.0 Å². The summed E-state index contributed by atoms with van der Waals surface area (Å²) < 4.78 is 0. The van der Waals surface area contributed by atoms with E-state index in [4.69, 9.17) is 0 Å². The molecule has 0 aromatic rings. The molecule has 18 heavy (non-hydrogen) atoms. The average molecular weight is 253 g/mol. The summed E-state index contributed by atoms with van der Waals surface area (Å²) in [6.07, 6.45) is 7.29. The highest BCUT2D eigenvalue weighted by Gasteiger charge is 2.27.